The molecule has 0 unspecified atom stereocenters. The quantitative estimate of drug-likeness (QED) is 0.794. The van der Waals surface area contributed by atoms with Gasteiger partial charge in [0.15, 0.2) is 0 Å². The number of pyridine rings is 1. The lowest BCUT2D eigenvalue weighted by Gasteiger charge is -2.09. The Bertz CT molecular complexity index is 782. The number of aromatic nitrogens is 1. The summed E-state index contributed by atoms with van der Waals surface area (Å²) in [6.07, 6.45) is 1.61. The van der Waals surface area contributed by atoms with E-state index >= 15 is 0 Å². The Kier molecular flexibility index (Phi) is 3.48. The molecule has 0 radical (unpaired) electrons. The summed E-state index contributed by atoms with van der Waals surface area (Å²) in [5.41, 5.74) is 9.71. The second kappa shape index (κ2) is 5.59. The summed E-state index contributed by atoms with van der Waals surface area (Å²) < 4.78 is 0. The van der Waals surface area contributed by atoms with Crippen molar-refractivity contribution in [3.05, 3.63) is 78.5 Å². The van der Waals surface area contributed by atoms with Crippen LogP contribution >= 0.6 is 0 Å². The number of hydrogen-bond donors (Lipinski definition) is 1. The Morgan fingerprint density at radius 1 is 0.857 bits per heavy atom. The van der Waals surface area contributed by atoms with Crippen LogP contribution in [0.15, 0.2) is 72.9 Å². The van der Waals surface area contributed by atoms with Gasteiger partial charge in [-0.3, -0.25) is 9.78 Å². The second-order valence-corrected chi connectivity index (χ2v) is 4.71. The van der Waals surface area contributed by atoms with Gasteiger partial charge < -0.3 is 5.73 Å². The monoisotopic (exact) mass is 274 g/mol. The zero-order valence-corrected chi connectivity index (χ0v) is 11.4. The van der Waals surface area contributed by atoms with Gasteiger partial charge in [-0.25, -0.2) is 0 Å². The topological polar surface area (TPSA) is 56.0 Å². The molecule has 0 aliphatic carbocycles. The van der Waals surface area contributed by atoms with Crippen molar-refractivity contribution in [1.82, 2.24) is 4.98 Å². The first-order chi connectivity index (χ1) is 10.3. The van der Waals surface area contributed by atoms with E-state index < -0.39 is 5.91 Å². The molecule has 1 aromatic heterocycles. The molecule has 21 heavy (non-hydrogen) atoms. The largest absolute Gasteiger partial charge is 0.366 e. The highest BCUT2D eigenvalue weighted by Crippen LogP contribution is 2.30. The average Bonchev–Trinajstić information content (AvgIpc) is 2.56. The van der Waals surface area contributed by atoms with E-state index in [1.54, 1.807) is 18.3 Å². The first kappa shape index (κ1) is 13.1. The number of carbonyl (C=O) groups excluding carboxylic acids is 1. The van der Waals surface area contributed by atoms with Gasteiger partial charge >= 0.3 is 0 Å². The number of nitrogens with two attached hydrogens (primary N) is 1. The Labute approximate surface area is 123 Å². The average molecular weight is 274 g/mol. The van der Waals surface area contributed by atoms with Gasteiger partial charge in [-0.1, -0.05) is 54.6 Å². The fourth-order valence-corrected chi connectivity index (χ4v) is 2.31. The van der Waals surface area contributed by atoms with Crippen LogP contribution in [0.1, 0.15) is 10.4 Å². The first-order valence-corrected chi connectivity index (χ1v) is 6.66. The van der Waals surface area contributed by atoms with Crippen molar-refractivity contribution >= 4 is 5.91 Å². The molecule has 3 nitrogen and oxygen atoms in total. The SMILES string of the molecule is NC(=O)c1ccnc(-c2ccccc2-c2ccccc2)c1. The molecule has 1 heterocycles. The van der Waals surface area contributed by atoms with Gasteiger partial charge in [-0.2, -0.15) is 0 Å². The van der Waals surface area contributed by atoms with Gasteiger partial charge in [0.05, 0.1) is 5.69 Å². The molecule has 0 aliphatic rings. The second-order valence-electron chi connectivity index (χ2n) is 4.71. The van der Waals surface area contributed by atoms with Gasteiger partial charge in [-0.15, -0.1) is 0 Å². The summed E-state index contributed by atoms with van der Waals surface area (Å²) in [4.78, 5) is 15.7. The maximum Gasteiger partial charge on any atom is 0.248 e. The lowest BCUT2D eigenvalue weighted by atomic mass is 9.97. The molecular weight excluding hydrogens is 260 g/mol. The van der Waals surface area contributed by atoms with E-state index in [1.165, 1.54) is 0 Å². The van der Waals surface area contributed by atoms with Crippen molar-refractivity contribution in [2.45, 2.75) is 0 Å². The number of benzene rings is 2. The molecule has 102 valence electrons. The fourth-order valence-electron chi connectivity index (χ4n) is 2.31. The highest BCUT2D eigenvalue weighted by molar-refractivity contribution is 5.94. The molecule has 0 spiro atoms. The Balaban J connectivity index is 2.16. The Hall–Kier alpha value is -2.94. The molecule has 0 saturated heterocycles. The smallest absolute Gasteiger partial charge is 0.248 e. The molecule has 0 atom stereocenters. The summed E-state index contributed by atoms with van der Waals surface area (Å²) >= 11 is 0. The van der Waals surface area contributed by atoms with Crippen molar-refractivity contribution in [3.63, 3.8) is 0 Å². The van der Waals surface area contributed by atoms with Crippen LogP contribution in [0.3, 0.4) is 0 Å². The number of primary amides is 1. The summed E-state index contributed by atoms with van der Waals surface area (Å²) in [5.74, 6) is -0.448. The van der Waals surface area contributed by atoms with Crippen molar-refractivity contribution in [2.75, 3.05) is 0 Å². The van der Waals surface area contributed by atoms with E-state index in [4.69, 9.17) is 5.73 Å². The van der Waals surface area contributed by atoms with Gasteiger partial charge in [0.25, 0.3) is 0 Å². The van der Waals surface area contributed by atoms with E-state index in [-0.39, 0.29) is 0 Å². The van der Waals surface area contributed by atoms with Crippen molar-refractivity contribution in [2.24, 2.45) is 5.73 Å². The molecule has 3 rings (SSSR count). The minimum atomic E-state index is -0.448. The van der Waals surface area contributed by atoms with Crippen molar-refractivity contribution < 1.29 is 4.79 Å². The van der Waals surface area contributed by atoms with Crippen molar-refractivity contribution in [3.8, 4) is 22.4 Å². The molecular formula is C18H14N2O. The minimum absolute atomic E-state index is 0.448. The summed E-state index contributed by atoms with van der Waals surface area (Å²) in [6.45, 7) is 0. The lowest BCUT2D eigenvalue weighted by Crippen LogP contribution is -2.11. The molecule has 2 N–H and O–H groups in total. The molecule has 0 bridgehead atoms. The van der Waals surface area contributed by atoms with Gasteiger partial charge in [0.2, 0.25) is 5.91 Å². The number of rotatable bonds is 3. The molecule has 2 aromatic carbocycles. The number of hydrogen-bond acceptors (Lipinski definition) is 2. The Morgan fingerprint density at radius 2 is 1.52 bits per heavy atom. The number of amides is 1. The van der Waals surface area contributed by atoms with E-state index in [2.05, 4.69) is 17.1 Å². The summed E-state index contributed by atoms with van der Waals surface area (Å²) in [6, 6.07) is 21.4. The van der Waals surface area contributed by atoms with Crippen molar-refractivity contribution in [1.29, 1.82) is 0 Å². The van der Waals surface area contributed by atoms with Crippen LogP contribution in [-0.2, 0) is 0 Å². The van der Waals surface area contributed by atoms with E-state index in [1.807, 2.05) is 42.5 Å². The predicted molar refractivity (Wildman–Crippen MR) is 83.6 cm³/mol. The van der Waals surface area contributed by atoms with Gasteiger partial charge in [0.1, 0.15) is 0 Å². The van der Waals surface area contributed by atoms with Crippen LogP contribution in [0.2, 0.25) is 0 Å². The number of carbonyl (C=O) groups is 1. The summed E-state index contributed by atoms with van der Waals surface area (Å²) in [5, 5.41) is 0. The molecule has 0 fully saturated rings. The van der Waals surface area contributed by atoms with Crippen LogP contribution < -0.4 is 5.73 Å². The highest BCUT2D eigenvalue weighted by Gasteiger charge is 2.09. The van der Waals surface area contributed by atoms with E-state index in [9.17, 15) is 4.79 Å². The van der Waals surface area contributed by atoms with Crippen LogP contribution in [0.25, 0.3) is 22.4 Å². The third-order valence-corrected chi connectivity index (χ3v) is 3.33. The summed E-state index contributed by atoms with van der Waals surface area (Å²) in [7, 11) is 0. The zero-order chi connectivity index (χ0) is 14.7. The van der Waals surface area contributed by atoms with Crippen LogP contribution in [0, 0.1) is 0 Å². The lowest BCUT2D eigenvalue weighted by molar-refractivity contribution is 0.1000. The molecule has 0 aliphatic heterocycles. The Morgan fingerprint density at radius 3 is 2.24 bits per heavy atom. The maximum atomic E-state index is 11.3. The van der Waals surface area contributed by atoms with Crippen LogP contribution in [0.4, 0.5) is 0 Å². The van der Waals surface area contributed by atoms with Gasteiger partial charge in [-0.05, 0) is 23.3 Å². The van der Waals surface area contributed by atoms with E-state index in [0.29, 0.717) is 5.56 Å². The normalized spacial score (nSPS) is 10.3. The predicted octanol–water partition coefficient (Wildman–Crippen LogP) is 3.51. The van der Waals surface area contributed by atoms with E-state index in [0.717, 1.165) is 22.4 Å². The fraction of sp³-hybridized carbons (Fsp3) is 0. The zero-order valence-electron chi connectivity index (χ0n) is 11.4. The third kappa shape index (κ3) is 2.67. The van der Waals surface area contributed by atoms with Crippen LogP contribution in [0.5, 0.6) is 0 Å². The molecule has 0 saturated carbocycles. The minimum Gasteiger partial charge on any atom is -0.366 e. The number of nitrogens with zero attached hydrogens (tertiary/aromatic N) is 1. The molecule has 1 amide bonds. The van der Waals surface area contributed by atoms with Gasteiger partial charge in [0, 0.05) is 17.3 Å². The maximum absolute atomic E-state index is 11.3. The molecule has 3 heteroatoms. The third-order valence-electron chi connectivity index (χ3n) is 3.33. The van der Waals surface area contributed by atoms with Crippen LogP contribution in [-0.4, -0.2) is 10.9 Å². The standard InChI is InChI=1S/C18H14N2O/c19-18(21)14-10-11-20-17(12-14)16-9-5-4-8-15(16)13-6-2-1-3-7-13/h1-12H,(H2,19,21). The molecule has 3 aromatic rings. The first-order valence-electron chi connectivity index (χ1n) is 6.66. The highest BCUT2D eigenvalue weighted by atomic mass is 16.1.